The number of halogens is 2. The molecule has 2 rings (SSSR count). The molecule has 0 aromatic heterocycles. The highest BCUT2D eigenvalue weighted by Gasteiger charge is 2.20. The molecule has 0 saturated carbocycles. The molecule has 0 N–H and O–H groups in total. The minimum atomic E-state index is -1.12. The van der Waals surface area contributed by atoms with Gasteiger partial charge in [0.25, 0.3) is 0 Å². The van der Waals surface area contributed by atoms with Crippen LogP contribution in [0.5, 0.6) is 11.5 Å². The molecule has 0 atom stereocenters. The first-order chi connectivity index (χ1) is 9.92. The molecule has 0 spiro atoms. The van der Waals surface area contributed by atoms with E-state index in [-0.39, 0.29) is 17.6 Å². The zero-order chi connectivity index (χ0) is 15.6. The number of aryl methyl sites for hydroxylation is 1. The van der Waals surface area contributed by atoms with Crippen molar-refractivity contribution in [3.05, 3.63) is 63.2 Å². The van der Waals surface area contributed by atoms with Crippen LogP contribution >= 0.6 is 0 Å². The Morgan fingerprint density at radius 3 is 2.33 bits per heavy atom. The van der Waals surface area contributed by atoms with E-state index in [1.165, 1.54) is 18.2 Å². The maximum Gasteiger partial charge on any atom is 0.311 e. The Labute approximate surface area is 117 Å². The average molecular weight is 293 g/mol. The fraction of sp³-hybridized carbons (Fsp3) is 0.0714. The second-order valence-electron chi connectivity index (χ2n) is 4.26. The van der Waals surface area contributed by atoms with Crippen LogP contribution in [-0.2, 0) is 0 Å². The van der Waals surface area contributed by atoms with Crippen LogP contribution in [0.3, 0.4) is 0 Å². The molecule has 0 aliphatic heterocycles. The average Bonchev–Trinajstić information content (AvgIpc) is 2.43. The van der Waals surface area contributed by atoms with E-state index in [1.807, 2.05) is 0 Å². The zero-order valence-corrected chi connectivity index (χ0v) is 10.8. The third-order valence-electron chi connectivity index (χ3n) is 2.68. The fourth-order valence-electron chi connectivity index (χ4n) is 1.71. The van der Waals surface area contributed by atoms with Crippen LogP contribution in [0, 0.1) is 28.7 Å². The second-order valence-corrected chi connectivity index (χ2v) is 4.26. The van der Waals surface area contributed by atoms with E-state index in [2.05, 4.69) is 0 Å². The highest BCUT2D eigenvalue weighted by molar-refractivity contribution is 5.75. The molecule has 0 aliphatic rings. The highest BCUT2D eigenvalue weighted by atomic mass is 19.1. The smallest absolute Gasteiger partial charge is 0.311 e. The van der Waals surface area contributed by atoms with Crippen molar-refractivity contribution >= 4 is 12.0 Å². The summed E-state index contributed by atoms with van der Waals surface area (Å²) in [5.74, 6) is -3.33. The molecule has 2 aromatic rings. The molecule has 5 nitrogen and oxygen atoms in total. The van der Waals surface area contributed by atoms with Gasteiger partial charge in [0, 0.05) is 11.6 Å². The van der Waals surface area contributed by atoms with Crippen molar-refractivity contribution in [1.82, 2.24) is 0 Å². The Kier molecular flexibility index (Phi) is 3.93. The maximum absolute atomic E-state index is 13.7. The van der Waals surface area contributed by atoms with Gasteiger partial charge in [0.05, 0.1) is 4.92 Å². The number of hydrogen-bond donors (Lipinski definition) is 0. The van der Waals surface area contributed by atoms with Crippen LogP contribution in [0.1, 0.15) is 15.9 Å². The summed E-state index contributed by atoms with van der Waals surface area (Å²) in [4.78, 5) is 20.7. The van der Waals surface area contributed by atoms with Gasteiger partial charge in [0.15, 0.2) is 17.4 Å². The number of benzene rings is 2. The lowest BCUT2D eigenvalue weighted by Crippen LogP contribution is -1.98. The predicted octanol–water partition coefficient (Wildman–Crippen LogP) is 3.79. The summed E-state index contributed by atoms with van der Waals surface area (Å²) in [5, 5.41) is 10.9. The molecule has 0 unspecified atom stereocenters. The first-order valence-corrected chi connectivity index (χ1v) is 5.79. The molecule has 0 amide bonds. The quantitative estimate of drug-likeness (QED) is 0.488. The van der Waals surface area contributed by atoms with Gasteiger partial charge < -0.3 is 4.74 Å². The predicted molar refractivity (Wildman–Crippen MR) is 69.7 cm³/mol. The van der Waals surface area contributed by atoms with Crippen molar-refractivity contribution in [2.75, 3.05) is 0 Å². The van der Waals surface area contributed by atoms with E-state index < -0.39 is 28.0 Å². The first-order valence-electron chi connectivity index (χ1n) is 5.79. The molecule has 2 aromatic carbocycles. The number of hydrogen-bond acceptors (Lipinski definition) is 4. The number of nitro benzene ring substituents is 1. The lowest BCUT2D eigenvalue weighted by atomic mass is 10.2. The molecular weight excluding hydrogens is 284 g/mol. The number of carbonyl (C=O) groups excluding carboxylic acids is 1. The third kappa shape index (κ3) is 3.02. The summed E-state index contributed by atoms with van der Waals surface area (Å²) in [6, 6.07) is 5.56. The molecule has 21 heavy (non-hydrogen) atoms. The van der Waals surface area contributed by atoms with Gasteiger partial charge >= 0.3 is 5.69 Å². The molecule has 0 fully saturated rings. The van der Waals surface area contributed by atoms with Crippen LogP contribution in [0.25, 0.3) is 0 Å². The largest absolute Gasteiger partial charge is 0.444 e. The summed E-state index contributed by atoms with van der Waals surface area (Å²) >= 11 is 0. The van der Waals surface area contributed by atoms with Gasteiger partial charge in [-0.1, -0.05) is 6.07 Å². The number of carbonyl (C=O) groups is 1. The molecule has 0 saturated heterocycles. The summed E-state index contributed by atoms with van der Waals surface area (Å²) < 4.78 is 32.4. The van der Waals surface area contributed by atoms with Crippen molar-refractivity contribution in [3.63, 3.8) is 0 Å². The standard InChI is InChI=1S/C14H9F2NO4/c1-8-2-3-13(12(4-8)17(19)20)21-14-10(15)5-9(7-18)6-11(14)16/h2-7H,1H3. The van der Waals surface area contributed by atoms with Crippen LogP contribution < -0.4 is 4.74 Å². The third-order valence-corrected chi connectivity index (χ3v) is 2.68. The van der Waals surface area contributed by atoms with E-state index in [0.717, 1.165) is 12.1 Å². The van der Waals surface area contributed by atoms with E-state index >= 15 is 0 Å². The molecule has 0 bridgehead atoms. The Hall–Kier alpha value is -2.83. The summed E-state index contributed by atoms with van der Waals surface area (Å²) in [6.07, 6.45) is 0.282. The molecule has 0 aliphatic carbocycles. The van der Waals surface area contributed by atoms with Crippen molar-refractivity contribution in [3.8, 4) is 11.5 Å². The number of ether oxygens (including phenoxy) is 1. The molecule has 7 heteroatoms. The van der Waals surface area contributed by atoms with E-state index in [9.17, 15) is 23.7 Å². The van der Waals surface area contributed by atoms with Crippen LogP contribution in [0.2, 0.25) is 0 Å². The van der Waals surface area contributed by atoms with Crippen molar-refractivity contribution < 1.29 is 23.2 Å². The zero-order valence-electron chi connectivity index (χ0n) is 10.8. The Morgan fingerprint density at radius 2 is 1.81 bits per heavy atom. The van der Waals surface area contributed by atoms with E-state index in [4.69, 9.17) is 4.74 Å². The van der Waals surface area contributed by atoms with Gasteiger partial charge in [-0.25, -0.2) is 8.78 Å². The van der Waals surface area contributed by atoms with E-state index in [1.54, 1.807) is 6.92 Å². The minimum Gasteiger partial charge on any atom is -0.444 e. The topological polar surface area (TPSA) is 69.4 Å². The van der Waals surface area contributed by atoms with Crippen molar-refractivity contribution in [2.45, 2.75) is 6.92 Å². The number of aldehydes is 1. The Morgan fingerprint density at radius 1 is 1.19 bits per heavy atom. The summed E-state index contributed by atoms with van der Waals surface area (Å²) in [6.45, 7) is 1.64. The van der Waals surface area contributed by atoms with Crippen molar-refractivity contribution in [1.29, 1.82) is 0 Å². The van der Waals surface area contributed by atoms with Crippen LogP contribution in [-0.4, -0.2) is 11.2 Å². The van der Waals surface area contributed by atoms with E-state index in [0.29, 0.717) is 5.56 Å². The lowest BCUT2D eigenvalue weighted by Gasteiger charge is -2.09. The van der Waals surface area contributed by atoms with Gasteiger partial charge in [-0.2, -0.15) is 0 Å². The molecule has 0 heterocycles. The van der Waals surface area contributed by atoms with Gasteiger partial charge in [-0.05, 0) is 30.7 Å². The second kappa shape index (κ2) is 5.66. The van der Waals surface area contributed by atoms with Gasteiger partial charge in [0.1, 0.15) is 6.29 Å². The maximum atomic E-state index is 13.7. The Bertz CT molecular complexity index is 708. The first kappa shape index (κ1) is 14.6. The van der Waals surface area contributed by atoms with Gasteiger partial charge in [-0.15, -0.1) is 0 Å². The SMILES string of the molecule is Cc1ccc(Oc2c(F)cc(C=O)cc2F)c([N+](=O)[O-])c1. The van der Waals surface area contributed by atoms with Gasteiger partial charge in [-0.3, -0.25) is 14.9 Å². The van der Waals surface area contributed by atoms with Crippen LogP contribution in [0.4, 0.5) is 14.5 Å². The van der Waals surface area contributed by atoms with Crippen molar-refractivity contribution in [2.24, 2.45) is 0 Å². The van der Waals surface area contributed by atoms with Crippen LogP contribution in [0.15, 0.2) is 30.3 Å². The molecule has 108 valence electrons. The number of nitrogens with zero attached hydrogens (tertiary/aromatic N) is 1. The normalized spacial score (nSPS) is 10.2. The lowest BCUT2D eigenvalue weighted by molar-refractivity contribution is -0.385. The minimum absolute atomic E-state index is 0.198. The van der Waals surface area contributed by atoms with Gasteiger partial charge in [0.2, 0.25) is 5.75 Å². The monoisotopic (exact) mass is 293 g/mol. The fourth-order valence-corrected chi connectivity index (χ4v) is 1.71. The summed E-state index contributed by atoms with van der Waals surface area (Å²) in [5.41, 5.74) is -0.00434. The summed E-state index contributed by atoms with van der Waals surface area (Å²) in [7, 11) is 0. The highest BCUT2D eigenvalue weighted by Crippen LogP contribution is 2.34. The molecular formula is C14H9F2NO4. The molecule has 0 radical (unpaired) electrons. The Balaban J connectivity index is 2.48. The number of nitro groups is 1. The number of rotatable bonds is 4.